The van der Waals surface area contributed by atoms with Gasteiger partial charge in [-0.3, -0.25) is 0 Å². The molecule has 3 rings (SSSR count). The molecule has 1 aliphatic carbocycles. The van der Waals surface area contributed by atoms with E-state index in [9.17, 15) is 0 Å². The Hall–Kier alpha value is -0.820. The summed E-state index contributed by atoms with van der Waals surface area (Å²) >= 11 is 0. The maximum atomic E-state index is 3.46. The molecule has 0 spiro atoms. The zero-order valence-corrected chi connectivity index (χ0v) is 10.6. The van der Waals surface area contributed by atoms with Gasteiger partial charge in [0.1, 0.15) is 0 Å². The first kappa shape index (κ1) is 11.3. The number of benzene rings is 1. The fourth-order valence-electron chi connectivity index (χ4n) is 3.50. The Morgan fingerprint density at radius 2 is 1.47 bits per heavy atom. The molecule has 1 aliphatic heterocycles. The summed E-state index contributed by atoms with van der Waals surface area (Å²) in [7, 11) is 0. The normalized spacial score (nSPS) is 21.6. The van der Waals surface area contributed by atoms with E-state index in [1.807, 2.05) is 0 Å². The molecule has 1 heterocycles. The molecule has 1 saturated heterocycles. The average molecular weight is 229 g/mol. The van der Waals surface area contributed by atoms with Gasteiger partial charge < -0.3 is 5.32 Å². The van der Waals surface area contributed by atoms with Crippen LogP contribution in [0.25, 0.3) is 0 Å². The molecule has 17 heavy (non-hydrogen) atoms. The van der Waals surface area contributed by atoms with E-state index in [-0.39, 0.29) is 0 Å². The molecule has 92 valence electrons. The van der Waals surface area contributed by atoms with Gasteiger partial charge in [-0.25, -0.2) is 0 Å². The van der Waals surface area contributed by atoms with Gasteiger partial charge >= 0.3 is 0 Å². The van der Waals surface area contributed by atoms with Crippen molar-refractivity contribution >= 4 is 0 Å². The summed E-state index contributed by atoms with van der Waals surface area (Å²) in [5, 5.41) is 3.46. The van der Waals surface area contributed by atoms with Crippen molar-refractivity contribution in [2.24, 2.45) is 11.8 Å². The molecule has 0 bridgehead atoms. The van der Waals surface area contributed by atoms with Gasteiger partial charge in [0.05, 0.1) is 0 Å². The number of hydrogen-bond acceptors (Lipinski definition) is 1. The van der Waals surface area contributed by atoms with Crippen molar-refractivity contribution in [3.05, 3.63) is 35.4 Å². The molecule has 0 saturated carbocycles. The van der Waals surface area contributed by atoms with Crippen LogP contribution < -0.4 is 5.32 Å². The molecule has 1 aromatic carbocycles. The van der Waals surface area contributed by atoms with E-state index in [1.54, 1.807) is 11.1 Å². The summed E-state index contributed by atoms with van der Waals surface area (Å²) in [5.41, 5.74) is 3.23. The molecule has 0 amide bonds. The maximum absolute atomic E-state index is 3.46. The SMILES string of the molecule is c1ccc2c(c1)CC(CCC1CCNCC1)C2. The Labute approximate surface area is 105 Å². The summed E-state index contributed by atoms with van der Waals surface area (Å²) in [6, 6.07) is 9.02. The van der Waals surface area contributed by atoms with Crippen molar-refractivity contribution < 1.29 is 0 Å². The second-order valence-corrected chi connectivity index (χ2v) is 5.81. The number of piperidine rings is 1. The summed E-state index contributed by atoms with van der Waals surface area (Å²) in [5.74, 6) is 1.93. The molecular formula is C16H23N. The average Bonchev–Trinajstić information content (AvgIpc) is 2.80. The minimum Gasteiger partial charge on any atom is -0.317 e. The first-order chi connectivity index (χ1) is 8.42. The fraction of sp³-hybridized carbons (Fsp3) is 0.625. The molecule has 1 N–H and O–H groups in total. The Morgan fingerprint density at radius 1 is 0.882 bits per heavy atom. The molecule has 0 atom stereocenters. The molecule has 1 nitrogen and oxygen atoms in total. The monoisotopic (exact) mass is 229 g/mol. The Kier molecular flexibility index (Phi) is 3.46. The van der Waals surface area contributed by atoms with Crippen LogP contribution in [-0.4, -0.2) is 13.1 Å². The lowest BCUT2D eigenvalue weighted by atomic mass is 9.88. The second kappa shape index (κ2) is 5.22. The zero-order valence-electron chi connectivity index (χ0n) is 10.6. The van der Waals surface area contributed by atoms with Crippen LogP contribution in [-0.2, 0) is 12.8 Å². The van der Waals surface area contributed by atoms with E-state index in [2.05, 4.69) is 29.6 Å². The van der Waals surface area contributed by atoms with Crippen molar-refractivity contribution in [2.75, 3.05) is 13.1 Å². The van der Waals surface area contributed by atoms with Crippen molar-refractivity contribution in [2.45, 2.75) is 38.5 Å². The first-order valence-corrected chi connectivity index (χ1v) is 7.19. The Bertz CT molecular complexity index is 341. The molecule has 1 fully saturated rings. The third-order valence-electron chi connectivity index (χ3n) is 4.58. The molecule has 0 unspecified atom stereocenters. The van der Waals surface area contributed by atoms with E-state index in [4.69, 9.17) is 0 Å². The van der Waals surface area contributed by atoms with Crippen LogP contribution in [0.1, 0.15) is 36.8 Å². The highest BCUT2D eigenvalue weighted by atomic mass is 14.9. The topological polar surface area (TPSA) is 12.0 Å². The van der Waals surface area contributed by atoms with Gasteiger partial charge in [-0.05, 0) is 68.2 Å². The highest BCUT2D eigenvalue weighted by Gasteiger charge is 2.22. The third-order valence-corrected chi connectivity index (χ3v) is 4.58. The van der Waals surface area contributed by atoms with Crippen molar-refractivity contribution in [3.63, 3.8) is 0 Å². The largest absolute Gasteiger partial charge is 0.317 e. The number of hydrogen-bond donors (Lipinski definition) is 1. The van der Waals surface area contributed by atoms with Crippen LogP contribution in [0, 0.1) is 11.8 Å². The number of nitrogens with one attached hydrogen (secondary N) is 1. The summed E-state index contributed by atoms with van der Waals surface area (Å²) < 4.78 is 0. The predicted octanol–water partition coefficient (Wildman–Crippen LogP) is 3.18. The van der Waals surface area contributed by atoms with Crippen LogP contribution in [0.3, 0.4) is 0 Å². The quantitative estimate of drug-likeness (QED) is 0.839. The van der Waals surface area contributed by atoms with E-state index in [0.29, 0.717) is 0 Å². The van der Waals surface area contributed by atoms with Crippen molar-refractivity contribution in [1.82, 2.24) is 5.32 Å². The minimum atomic E-state index is 0.933. The summed E-state index contributed by atoms with van der Waals surface area (Å²) in [4.78, 5) is 0. The van der Waals surface area contributed by atoms with E-state index < -0.39 is 0 Å². The predicted molar refractivity (Wildman–Crippen MR) is 72.2 cm³/mol. The highest BCUT2D eigenvalue weighted by molar-refractivity contribution is 5.31. The smallest absolute Gasteiger partial charge is 0.00463 e. The lowest BCUT2D eigenvalue weighted by Crippen LogP contribution is -2.28. The lowest BCUT2D eigenvalue weighted by molar-refractivity contribution is 0.322. The second-order valence-electron chi connectivity index (χ2n) is 5.81. The molecule has 0 aromatic heterocycles. The van der Waals surface area contributed by atoms with E-state index in [0.717, 1.165) is 11.8 Å². The summed E-state index contributed by atoms with van der Waals surface area (Å²) in [6.45, 7) is 2.49. The van der Waals surface area contributed by atoms with Crippen molar-refractivity contribution in [1.29, 1.82) is 0 Å². The van der Waals surface area contributed by atoms with Gasteiger partial charge in [-0.1, -0.05) is 30.7 Å². The summed E-state index contributed by atoms with van der Waals surface area (Å²) in [6.07, 6.45) is 8.38. The van der Waals surface area contributed by atoms with Gasteiger partial charge in [-0.15, -0.1) is 0 Å². The fourth-order valence-corrected chi connectivity index (χ4v) is 3.50. The minimum absolute atomic E-state index is 0.933. The van der Waals surface area contributed by atoms with Crippen LogP contribution in [0.4, 0.5) is 0 Å². The van der Waals surface area contributed by atoms with Crippen molar-refractivity contribution in [3.8, 4) is 0 Å². The van der Waals surface area contributed by atoms with Gasteiger partial charge in [-0.2, -0.15) is 0 Å². The first-order valence-electron chi connectivity index (χ1n) is 7.19. The Balaban J connectivity index is 1.48. The molecular weight excluding hydrogens is 206 g/mol. The van der Waals surface area contributed by atoms with Gasteiger partial charge in [0.2, 0.25) is 0 Å². The van der Waals surface area contributed by atoms with Gasteiger partial charge in [0.15, 0.2) is 0 Å². The third kappa shape index (κ3) is 2.71. The highest BCUT2D eigenvalue weighted by Crippen LogP contribution is 2.31. The van der Waals surface area contributed by atoms with Crippen LogP contribution in [0.15, 0.2) is 24.3 Å². The van der Waals surface area contributed by atoms with Crippen LogP contribution >= 0.6 is 0 Å². The Morgan fingerprint density at radius 3 is 2.12 bits per heavy atom. The zero-order chi connectivity index (χ0) is 11.5. The molecule has 1 aromatic rings. The van der Waals surface area contributed by atoms with E-state index >= 15 is 0 Å². The number of fused-ring (bicyclic) bond motifs is 1. The maximum Gasteiger partial charge on any atom is -0.00463 e. The van der Waals surface area contributed by atoms with Crippen LogP contribution in [0.5, 0.6) is 0 Å². The van der Waals surface area contributed by atoms with Crippen LogP contribution in [0.2, 0.25) is 0 Å². The molecule has 2 aliphatic rings. The standard InChI is InChI=1S/C16H23N/c1-2-4-16-12-14(11-15(16)3-1)6-5-13-7-9-17-10-8-13/h1-4,13-14,17H,5-12H2. The van der Waals surface area contributed by atoms with Gasteiger partial charge in [0, 0.05) is 0 Å². The van der Waals surface area contributed by atoms with Gasteiger partial charge in [0.25, 0.3) is 0 Å². The number of rotatable bonds is 3. The van der Waals surface area contributed by atoms with E-state index in [1.165, 1.54) is 51.6 Å². The lowest BCUT2D eigenvalue weighted by Gasteiger charge is -2.23. The molecule has 0 radical (unpaired) electrons. The molecule has 1 heteroatoms.